The number of aryl methyl sites for hydroxylation is 1. The van der Waals surface area contributed by atoms with Crippen molar-refractivity contribution in [2.75, 3.05) is 0 Å². The molecule has 0 radical (unpaired) electrons. The van der Waals surface area contributed by atoms with Gasteiger partial charge in [-0.05, 0) is 25.2 Å². The van der Waals surface area contributed by atoms with Crippen LogP contribution in [0.4, 0.5) is 0 Å². The largest absolute Gasteiger partial charge is 0.323 e. The summed E-state index contributed by atoms with van der Waals surface area (Å²) in [5.74, 6) is 1.18. The van der Waals surface area contributed by atoms with Crippen LogP contribution in [0.1, 0.15) is 55.0 Å². The second kappa shape index (κ2) is 4.26. The standard InChI is InChI=1S/C13H21N3O/c1-7(2)9-5-10-12(11(17)6-9)13(8(3)14)15-16(10)4/h7-9H,5-6,14H2,1-4H3. The van der Waals surface area contributed by atoms with Crippen LogP contribution in [-0.4, -0.2) is 15.6 Å². The lowest BCUT2D eigenvalue weighted by molar-refractivity contribution is 0.0930. The summed E-state index contributed by atoms with van der Waals surface area (Å²) >= 11 is 0. The normalized spacial score (nSPS) is 21.8. The predicted molar refractivity (Wildman–Crippen MR) is 66.8 cm³/mol. The van der Waals surface area contributed by atoms with Crippen LogP contribution >= 0.6 is 0 Å². The highest BCUT2D eigenvalue weighted by Gasteiger charge is 2.33. The van der Waals surface area contributed by atoms with E-state index in [4.69, 9.17) is 5.73 Å². The zero-order valence-corrected chi connectivity index (χ0v) is 11.0. The Balaban J connectivity index is 2.46. The smallest absolute Gasteiger partial charge is 0.166 e. The van der Waals surface area contributed by atoms with Crippen molar-refractivity contribution in [1.29, 1.82) is 0 Å². The summed E-state index contributed by atoms with van der Waals surface area (Å²) in [7, 11) is 1.90. The van der Waals surface area contributed by atoms with Crippen molar-refractivity contribution in [2.24, 2.45) is 24.6 Å². The summed E-state index contributed by atoms with van der Waals surface area (Å²) in [4.78, 5) is 12.2. The zero-order valence-electron chi connectivity index (χ0n) is 11.0. The molecule has 4 heteroatoms. The lowest BCUT2D eigenvalue weighted by Crippen LogP contribution is -2.25. The molecule has 1 aliphatic rings. The molecule has 0 aliphatic heterocycles. The van der Waals surface area contributed by atoms with Crippen LogP contribution in [0.5, 0.6) is 0 Å². The summed E-state index contributed by atoms with van der Waals surface area (Å²) in [6.45, 7) is 6.22. The first kappa shape index (κ1) is 12.3. The Morgan fingerprint density at radius 3 is 2.53 bits per heavy atom. The highest BCUT2D eigenvalue weighted by Crippen LogP contribution is 2.33. The molecule has 4 nitrogen and oxygen atoms in total. The highest BCUT2D eigenvalue weighted by atomic mass is 16.1. The molecule has 17 heavy (non-hydrogen) atoms. The zero-order chi connectivity index (χ0) is 12.7. The molecule has 2 N–H and O–H groups in total. The molecule has 2 unspecified atom stereocenters. The number of aromatic nitrogens is 2. The van der Waals surface area contributed by atoms with E-state index in [0.717, 1.165) is 23.4 Å². The van der Waals surface area contributed by atoms with Crippen molar-refractivity contribution in [3.05, 3.63) is 17.0 Å². The predicted octanol–water partition coefficient (Wildman–Crippen LogP) is 1.84. The Morgan fingerprint density at radius 1 is 1.35 bits per heavy atom. The van der Waals surface area contributed by atoms with E-state index in [1.807, 2.05) is 18.7 Å². The van der Waals surface area contributed by atoms with Crippen LogP contribution in [0.25, 0.3) is 0 Å². The van der Waals surface area contributed by atoms with Crippen molar-refractivity contribution < 1.29 is 4.79 Å². The molecule has 2 atom stereocenters. The van der Waals surface area contributed by atoms with E-state index in [0.29, 0.717) is 18.3 Å². The Morgan fingerprint density at radius 2 is 2.00 bits per heavy atom. The van der Waals surface area contributed by atoms with Gasteiger partial charge in [-0.15, -0.1) is 0 Å². The van der Waals surface area contributed by atoms with Crippen LogP contribution in [0.3, 0.4) is 0 Å². The highest BCUT2D eigenvalue weighted by molar-refractivity contribution is 5.99. The molecule has 0 aromatic carbocycles. The number of carbonyl (C=O) groups is 1. The molecule has 94 valence electrons. The van der Waals surface area contributed by atoms with Gasteiger partial charge in [0.05, 0.1) is 11.3 Å². The van der Waals surface area contributed by atoms with Gasteiger partial charge in [0.2, 0.25) is 0 Å². The number of ketones is 1. The minimum atomic E-state index is -0.176. The molecule has 0 bridgehead atoms. The van der Waals surface area contributed by atoms with Crippen molar-refractivity contribution in [1.82, 2.24) is 9.78 Å². The van der Waals surface area contributed by atoms with E-state index >= 15 is 0 Å². The van der Waals surface area contributed by atoms with Crippen LogP contribution in [-0.2, 0) is 13.5 Å². The van der Waals surface area contributed by atoms with Crippen molar-refractivity contribution >= 4 is 5.78 Å². The number of Topliss-reactive ketones (excluding diaryl/α,β-unsaturated/α-hetero) is 1. The van der Waals surface area contributed by atoms with E-state index in [1.54, 1.807) is 0 Å². The Hall–Kier alpha value is -1.16. The summed E-state index contributed by atoms with van der Waals surface area (Å²) < 4.78 is 1.83. The molecule has 0 saturated heterocycles. The number of nitrogens with two attached hydrogens (primary N) is 1. The third-order valence-electron chi connectivity index (χ3n) is 3.75. The quantitative estimate of drug-likeness (QED) is 0.850. The summed E-state index contributed by atoms with van der Waals surface area (Å²) in [5, 5.41) is 4.41. The molecule has 1 heterocycles. The fraction of sp³-hybridized carbons (Fsp3) is 0.692. The van der Waals surface area contributed by atoms with E-state index in [2.05, 4.69) is 18.9 Å². The first-order chi connectivity index (χ1) is 7.91. The van der Waals surface area contributed by atoms with E-state index in [1.165, 1.54) is 0 Å². The summed E-state index contributed by atoms with van der Waals surface area (Å²) in [5.41, 5.74) is 8.49. The molecule has 0 fully saturated rings. The van der Waals surface area contributed by atoms with Crippen molar-refractivity contribution in [3.63, 3.8) is 0 Å². The van der Waals surface area contributed by atoms with Crippen molar-refractivity contribution in [3.8, 4) is 0 Å². The number of nitrogens with zero attached hydrogens (tertiary/aromatic N) is 2. The maximum absolute atomic E-state index is 12.2. The third kappa shape index (κ3) is 2.02. The van der Waals surface area contributed by atoms with Crippen LogP contribution < -0.4 is 5.73 Å². The molecular weight excluding hydrogens is 214 g/mol. The monoisotopic (exact) mass is 235 g/mol. The molecule has 0 spiro atoms. The van der Waals surface area contributed by atoms with Gasteiger partial charge in [0, 0.05) is 25.2 Å². The van der Waals surface area contributed by atoms with Crippen LogP contribution in [0.15, 0.2) is 0 Å². The molecule has 0 amide bonds. The molecule has 2 rings (SSSR count). The van der Waals surface area contributed by atoms with Gasteiger partial charge >= 0.3 is 0 Å². The Kier molecular flexibility index (Phi) is 3.08. The fourth-order valence-electron chi connectivity index (χ4n) is 2.57. The SMILES string of the molecule is CC(N)c1nn(C)c2c1C(=O)CC(C(C)C)C2. The van der Waals surface area contributed by atoms with Gasteiger partial charge in [-0.1, -0.05) is 13.8 Å². The third-order valence-corrected chi connectivity index (χ3v) is 3.75. The molecule has 0 saturated carbocycles. The van der Waals surface area contributed by atoms with E-state index in [-0.39, 0.29) is 11.8 Å². The van der Waals surface area contributed by atoms with Gasteiger partial charge < -0.3 is 5.73 Å². The summed E-state index contributed by atoms with van der Waals surface area (Å²) in [6.07, 6.45) is 1.57. The fourth-order valence-corrected chi connectivity index (χ4v) is 2.57. The maximum atomic E-state index is 12.2. The minimum absolute atomic E-state index is 0.176. The minimum Gasteiger partial charge on any atom is -0.323 e. The first-order valence-electron chi connectivity index (χ1n) is 6.26. The van der Waals surface area contributed by atoms with E-state index in [9.17, 15) is 4.79 Å². The van der Waals surface area contributed by atoms with Crippen molar-refractivity contribution in [2.45, 2.75) is 39.7 Å². The molecular formula is C13H21N3O. The van der Waals surface area contributed by atoms with Gasteiger partial charge in [0.25, 0.3) is 0 Å². The van der Waals surface area contributed by atoms with Crippen LogP contribution in [0.2, 0.25) is 0 Å². The van der Waals surface area contributed by atoms with Gasteiger partial charge in [-0.2, -0.15) is 5.10 Å². The molecule has 1 aromatic heterocycles. The first-order valence-corrected chi connectivity index (χ1v) is 6.26. The molecule has 1 aliphatic carbocycles. The summed E-state index contributed by atoms with van der Waals surface area (Å²) in [6, 6.07) is -0.176. The second-order valence-electron chi connectivity index (χ2n) is 5.45. The Bertz CT molecular complexity index is 446. The average Bonchev–Trinajstić information content (AvgIpc) is 2.57. The number of rotatable bonds is 2. The number of carbonyl (C=O) groups excluding carboxylic acids is 1. The van der Waals surface area contributed by atoms with Crippen LogP contribution in [0, 0.1) is 11.8 Å². The topological polar surface area (TPSA) is 60.9 Å². The maximum Gasteiger partial charge on any atom is 0.166 e. The second-order valence-corrected chi connectivity index (χ2v) is 5.45. The Labute approximate surface area is 102 Å². The van der Waals surface area contributed by atoms with Gasteiger partial charge in [-0.3, -0.25) is 9.48 Å². The van der Waals surface area contributed by atoms with Gasteiger partial charge in [0.1, 0.15) is 0 Å². The number of hydrogen-bond donors (Lipinski definition) is 1. The molecule has 1 aromatic rings. The van der Waals surface area contributed by atoms with E-state index < -0.39 is 0 Å². The number of fused-ring (bicyclic) bond motifs is 1. The lowest BCUT2D eigenvalue weighted by Gasteiger charge is -2.25. The number of hydrogen-bond acceptors (Lipinski definition) is 3. The van der Waals surface area contributed by atoms with Gasteiger partial charge in [-0.25, -0.2) is 0 Å². The van der Waals surface area contributed by atoms with Gasteiger partial charge in [0.15, 0.2) is 5.78 Å². The average molecular weight is 235 g/mol. The lowest BCUT2D eigenvalue weighted by atomic mass is 9.79.